The lowest BCUT2D eigenvalue weighted by Crippen LogP contribution is -2.44. The van der Waals surface area contributed by atoms with Crippen molar-refractivity contribution in [2.45, 2.75) is 19.8 Å². The summed E-state index contributed by atoms with van der Waals surface area (Å²) in [7, 11) is 0. The lowest BCUT2D eigenvalue weighted by molar-refractivity contribution is -0.117. The number of carbonyl (C=O) groups is 2. The number of carbonyl (C=O) groups excluding carboxylic acids is 2. The zero-order chi connectivity index (χ0) is 12.5. The van der Waals surface area contributed by atoms with Gasteiger partial charge in [-0.3, -0.25) is 10.1 Å². The first kappa shape index (κ1) is 14.3. The molecular formula is C11H21N3O2S. The summed E-state index contributed by atoms with van der Waals surface area (Å²) in [4.78, 5) is 22.6. The molecular weight excluding hydrogens is 238 g/mol. The zero-order valence-corrected chi connectivity index (χ0v) is 11.1. The summed E-state index contributed by atoms with van der Waals surface area (Å²) >= 11 is 1.58. The van der Waals surface area contributed by atoms with E-state index in [4.69, 9.17) is 0 Å². The molecule has 0 radical (unpaired) electrons. The normalized spacial score (nSPS) is 15.1. The van der Waals surface area contributed by atoms with Crippen LogP contribution in [0.5, 0.6) is 0 Å². The quantitative estimate of drug-likeness (QED) is 0.584. The first-order valence-corrected chi connectivity index (χ1v) is 7.24. The molecule has 1 rings (SSSR count). The number of unbranched alkanes of at least 4 members (excludes halogenated alkanes) is 1. The van der Waals surface area contributed by atoms with E-state index in [9.17, 15) is 9.59 Å². The van der Waals surface area contributed by atoms with Crippen molar-refractivity contribution >= 4 is 23.7 Å². The number of hydrogen-bond acceptors (Lipinski definition) is 4. The summed E-state index contributed by atoms with van der Waals surface area (Å²) in [6.07, 6.45) is 1.96. The minimum atomic E-state index is -0.380. The number of amides is 3. The highest BCUT2D eigenvalue weighted by Gasteiger charge is 2.17. The van der Waals surface area contributed by atoms with Crippen LogP contribution in [0.4, 0.5) is 4.79 Å². The number of nitrogens with one attached hydrogen (secondary N) is 3. The van der Waals surface area contributed by atoms with E-state index in [1.54, 1.807) is 11.8 Å². The molecule has 0 aromatic rings. The van der Waals surface area contributed by atoms with Crippen molar-refractivity contribution in [3.8, 4) is 0 Å². The Morgan fingerprint density at radius 2 is 2.18 bits per heavy atom. The maximum atomic E-state index is 11.4. The number of thioether (sulfide) groups is 1. The van der Waals surface area contributed by atoms with Gasteiger partial charge < -0.3 is 10.6 Å². The van der Waals surface area contributed by atoms with E-state index < -0.39 is 0 Å². The number of urea groups is 1. The minimum absolute atomic E-state index is 0.212. The van der Waals surface area contributed by atoms with E-state index in [2.05, 4.69) is 22.9 Å². The Hall–Kier alpha value is -0.750. The van der Waals surface area contributed by atoms with Crippen molar-refractivity contribution in [3.05, 3.63) is 0 Å². The topological polar surface area (TPSA) is 70.2 Å². The Morgan fingerprint density at radius 1 is 1.41 bits per heavy atom. The summed E-state index contributed by atoms with van der Waals surface area (Å²) in [6, 6.07) is -0.380. The monoisotopic (exact) mass is 259 g/mol. The fourth-order valence-corrected chi connectivity index (χ4v) is 2.31. The largest absolute Gasteiger partial charge is 0.338 e. The molecule has 1 aliphatic rings. The summed E-state index contributed by atoms with van der Waals surface area (Å²) in [6.45, 7) is 4.77. The molecule has 3 N–H and O–H groups in total. The van der Waals surface area contributed by atoms with Gasteiger partial charge in [0.15, 0.2) is 0 Å². The molecule has 0 saturated carbocycles. The van der Waals surface area contributed by atoms with Crippen molar-refractivity contribution in [1.29, 1.82) is 0 Å². The van der Waals surface area contributed by atoms with Gasteiger partial charge >= 0.3 is 6.03 Å². The highest BCUT2D eigenvalue weighted by atomic mass is 32.2. The van der Waals surface area contributed by atoms with E-state index in [1.165, 1.54) is 0 Å². The Morgan fingerprint density at radius 3 is 2.76 bits per heavy atom. The second-order valence-corrected chi connectivity index (χ2v) is 5.23. The van der Waals surface area contributed by atoms with Crippen molar-refractivity contribution in [2.75, 3.05) is 31.1 Å². The lowest BCUT2D eigenvalue weighted by Gasteiger charge is -2.26. The average Bonchev–Trinajstić information content (AvgIpc) is 2.22. The molecule has 1 heterocycles. The van der Waals surface area contributed by atoms with E-state index >= 15 is 0 Å². The molecule has 0 bridgehead atoms. The lowest BCUT2D eigenvalue weighted by atomic mass is 10.1. The highest BCUT2D eigenvalue weighted by Crippen LogP contribution is 2.11. The minimum Gasteiger partial charge on any atom is -0.338 e. The maximum Gasteiger partial charge on any atom is 0.321 e. The third-order valence-electron chi connectivity index (χ3n) is 2.52. The first-order chi connectivity index (χ1) is 8.22. The second kappa shape index (κ2) is 8.36. The standard InChI is InChI=1S/C11H21N3O2S/c1-2-3-4-13-11(16)14-10(15)8-17-7-9-5-12-6-9/h9,12H,2-8H2,1H3,(H2,13,14,15,16). The molecule has 0 aromatic carbocycles. The maximum absolute atomic E-state index is 11.4. The van der Waals surface area contributed by atoms with Gasteiger partial charge in [-0.05, 0) is 31.2 Å². The first-order valence-electron chi connectivity index (χ1n) is 6.08. The van der Waals surface area contributed by atoms with Crippen LogP contribution in [0.3, 0.4) is 0 Å². The molecule has 0 unspecified atom stereocenters. The molecule has 0 aromatic heterocycles. The van der Waals surface area contributed by atoms with E-state index in [-0.39, 0.29) is 11.9 Å². The van der Waals surface area contributed by atoms with Crippen molar-refractivity contribution in [2.24, 2.45) is 5.92 Å². The third-order valence-corrected chi connectivity index (χ3v) is 3.69. The van der Waals surface area contributed by atoms with Crippen molar-refractivity contribution < 1.29 is 9.59 Å². The van der Waals surface area contributed by atoms with Gasteiger partial charge in [0.05, 0.1) is 5.75 Å². The molecule has 1 aliphatic heterocycles. The zero-order valence-electron chi connectivity index (χ0n) is 10.3. The Balaban J connectivity index is 1.97. The molecule has 0 atom stereocenters. The third kappa shape index (κ3) is 6.53. The van der Waals surface area contributed by atoms with Crippen molar-refractivity contribution in [1.82, 2.24) is 16.0 Å². The number of hydrogen-bond donors (Lipinski definition) is 3. The van der Waals surface area contributed by atoms with Gasteiger partial charge in [-0.15, -0.1) is 0 Å². The average molecular weight is 259 g/mol. The SMILES string of the molecule is CCCCNC(=O)NC(=O)CSCC1CNC1. The molecule has 1 fully saturated rings. The molecule has 0 spiro atoms. The summed E-state index contributed by atoms with van der Waals surface area (Å²) in [5, 5.41) is 8.15. The summed E-state index contributed by atoms with van der Waals surface area (Å²) in [5.74, 6) is 1.82. The molecule has 5 nitrogen and oxygen atoms in total. The van der Waals surface area contributed by atoms with Crippen LogP contribution < -0.4 is 16.0 Å². The number of rotatable bonds is 7. The predicted molar refractivity (Wildman–Crippen MR) is 70.1 cm³/mol. The van der Waals surface area contributed by atoms with Gasteiger partial charge in [-0.2, -0.15) is 11.8 Å². The Kier molecular flexibility index (Phi) is 7.04. The molecule has 3 amide bonds. The van der Waals surface area contributed by atoms with Crippen LogP contribution in [-0.4, -0.2) is 43.1 Å². The fourth-order valence-electron chi connectivity index (χ4n) is 1.37. The van der Waals surface area contributed by atoms with Crippen LogP contribution in [0.1, 0.15) is 19.8 Å². The van der Waals surface area contributed by atoms with Crippen LogP contribution in [0.2, 0.25) is 0 Å². The van der Waals surface area contributed by atoms with Gasteiger partial charge in [0, 0.05) is 6.54 Å². The summed E-state index contributed by atoms with van der Waals surface area (Å²) in [5.41, 5.74) is 0. The van der Waals surface area contributed by atoms with E-state index in [1.807, 2.05) is 0 Å². The van der Waals surface area contributed by atoms with Gasteiger partial charge in [0.1, 0.15) is 0 Å². The van der Waals surface area contributed by atoms with Gasteiger partial charge in [0.2, 0.25) is 5.91 Å². The van der Waals surface area contributed by atoms with Crippen molar-refractivity contribution in [3.63, 3.8) is 0 Å². The van der Waals surface area contributed by atoms with Gasteiger partial charge in [0.25, 0.3) is 0 Å². The molecule has 1 saturated heterocycles. The highest BCUT2D eigenvalue weighted by molar-refractivity contribution is 7.99. The fraction of sp³-hybridized carbons (Fsp3) is 0.818. The Labute approximate surface area is 106 Å². The smallest absolute Gasteiger partial charge is 0.321 e. The molecule has 98 valence electrons. The van der Waals surface area contributed by atoms with Crippen LogP contribution >= 0.6 is 11.8 Å². The van der Waals surface area contributed by atoms with Crippen LogP contribution in [0.15, 0.2) is 0 Å². The predicted octanol–water partition coefficient (Wildman–Crippen LogP) is 0.565. The molecule has 17 heavy (non-hydrogen) atoms. The van der Waals surface area contributed by atoms with Crippen LogP contribution in [0.25, 0.3) is 0 Å². The molecule has 6 heteroatoms. The second-order valence-electron chi connectivity index (χ2n) is 4.20. The van der Waals surface area contributed by atoms with E-state index in [0.717, 1.165) is 31.7 Å². The number of imide groups is 1. The van der Waals surface area contributed by atoms with Crippen LogP contribution in [0, 0.1) is 5.92 Å². The van der Waals surface area contributed by atoms with Crippen LogP contribution in [-0.2, 0) is 4.79 Å². The molecule has 0 aliphatic carbocycles. The Bertz CT molecular complexity index is 257. The summed E-state index contributed by atoms with van der Waals surface area (Å²) < 4.78 is 0. The van der Waals surface area contributed by atoms with Gasteiger partial charge in [-0.1, -0.05) is 13.3 Å². The van der Waals surface area contributed by atoms with Gasteiger partial charge in [-0.25, -0.2) is 4.79 Å². The van der Waals surface area contributed by atoms with E-state index in [0.29, 0.717) is 18.2 Å².